The first-order chi connectivity index (χ1) is 9.80. The Hall–Kier alpha value is -1.06. The van der Waals surface area contributed by atoms with Gasteiger partial charge in [-0.2, -0.15) is 0 Å². The summed E-state index contributed by atoms with van der Waals surface area (Å²) in [6, 6.07) is 8.33. The lowest BCUT2D eigenvalue weighted by atomic mass is 10.2. The number of rotatable bonds is 11. The third-order valence-corrected chi connectivity index (χ3v) is 3.51. The molecule has 0 unspecified atom stereocenters. The van der Waals surface area contributed by atoms with E-state index in [-0.39, 0.29) is 0 Å². The van der Waals surface area contributed by atoms with E-state index in [1.165, 1.54) is 24.9 Å². The van der Waals surface area contributed by atoms with Crippen LogP contribution in [0.4, 0.5) is 0 Å². The maximum Gasteiger partial charge on any atom is 0.119 e. The Bertz CT molecular complexity index is 351. The lowest BCUT2D eigenvalue weighted by Gasteiger charge is -2.17. The Labute approximate surface area is 124 Å². The largest absolute Gasteiger partial charge is 0.494 e. The number of ether oxygens (including phenoxy) is 1. The van der Waals surface area contributed by atoms with Gasteiger partial charge in [0.15, 0.2) is 0 Å². The lowest BCUT2D eigenvalue weighted by Crippen LogP contribution is -2.25. The van der Waals surface area contributed by atoms with Crippen LogP contribution >= 0.6 is 0 Å². The van der Waals surface area contributed by atoms with Gasteiger partial charge in [0.05, 0.1) is 6.61 Å². The van der Waals surface area contributed by atoms with Crippen molar-refractivity contribution >= 4 is 0 Å². The molecule has 0 aliphatic carbocycles. The summed E-state index contributed by atoms with van der Waals surface area (Å²) in [5.74, 6) is 0.966. The molecule has 0 aromatic heterocycles. The van der Waals surface area contributed by atoms with Gasteiger partial charge in [-0.1, -0.05) is 26.0 Å². The number of nitrogens with one attached hydrogen (secondary N) is 1. The van der Waals surface area contributed by atoms with Crippen molar-refractivity contribution in [3.63, 3.8) is 0 Å². The molecule has 0 aliphatic rings. The van der Waals surface area contributed by atoms with Crippen LogP contribution in [0.15, 0.2) is 24.3 Å². The molecule has 0 saturated carbocycles. The summed E-state index contributed by atoms with van der Waals surface area (Å²) in [4.78, 5) is 2.48. The van der Waals surface area contributed by atoms with E-state index < -0.39 is 0 Å². The van der Waals surface area contributed by atoms with E-state index in [9.17, 15) is 0 Å². The summed E-state index contributed by atoms with van der Waals surface area (Å²) in [6.45, 7) is 12.7. The van der Waals surface area contributed by atoms with E-state index in [1.807, 2.05) is 13.0 Å². The van der Waals surface area contributed by atoms with Crippen LogP contribution in [-0.2, 0) is 6.54 Å². The first kappa shape index (κ1) is 17.0. The molecule has 1 N–H and O–H groups in total. The predicted octanol–water partition coefficient (Wildman–Crippen LogP) is 3.30. The van der Waals surface area contributed by atoms with E-state index in [2.05, 4.69) is 42.3 Å². The molecule has 1 aromatic rings. The van der Waals surface area contributed by atoms with Gasteiger partial charge >= 0.3 is 0 Å². The van der Waals surface area contributed by atoms with Crippen LogP contribution < -0.4 is 10.1 Å². The molecule has 3 heteroatoms. The minimum Gasteiger partial charge on any atom is -0.494 e. The molecule has 0 saturated heterocycles. The summed E-state index contributed by atoms with van der Waals surface area (Å²) in [5.41, 5.74) is 1.29. The second kappa shape index (κ2) is 10.7. The summed E-state index contributed by atoms with van der Waals surface area (Å²) < 4.78 is 5.51. The van der Waals surface area contributed by atoms with E-state index in [0.29, 0.717) is 0 Å². The van der Waals surface area contributed by atoms with Crippen LogP contribution in [0.3, 0.4) is 0 Å². The molecule has 0 fully saturated rings. The normalized spacial score (nSPS) is 11.0. The summed E-state index contributed by atoms with van der Waals surface area (Å²) in [5, 5.41) is 3.51. The third-order valence-electron chi connectivity index (χ3n) is 3.51. The highest BCUT2D eigenvalue weighted by Crippen LogP contribution is 2.12. The number of nitrogens with zero attached hydrogens (tertiary/aromatic N) is 1. The Morgan fingerprint density at radius 1 is 1.10 bits per heavy atom. The van der Waals surface area contributed by atoms with Crippen LogP contribution in [0.2, 0.25) is 0 Å². The molecular formula is C17H30N2O. The molecule has 1 rings (SSSR count). The molecule has 3 nitrogen and oxygen atoms in total. The Kier molecular flexibility index (Phi) is 9.09. The Morgan fingerprint density at radius 3 is 2.60 bits per heavy atom. The van der Waals surface area contributed by atoms with Crippen molar-refractivity contribution in [3.05, 3.63) is 29.8 Å². The van der Waals surface area contributed by atoms with E-state index in [0.717, 1.165) is 38.5 Å². The highest BCUT2D eigenvalue weighted by Gasteiger charge is 1.99. The van der Waals surface area contributed by atoms with Crippen LogP contribution in [0.25, 0.3) is 0 Å². The number of unbranched alkanes of at least 4 members (excludes halogenated alkanes) is 1. The van der Waals surface area contributed by atoms with E-state index in [1.54, 1.807) is 0 Å². The molecule has 0 spiro atoms. The summed E-state index contributed by atoms with van der Waals surface area (Å²) in [7, 11) is 0. The molecule has 0 radical (unpaired) electrons. The molecular weight excluding hydrogens is 248 g/mol. The number of benzene rings is 1. The van der Waals surface area contributed by atoms with Crippen molar-refractivity contribution in [3.8, 4) is 5.75 Å². The van der Waals surface area contributed by atoms with E-state index in [4.69, 9.17) is 4.74 Å². The molecule has 0 aliphatic heterocycles. The van der Waals surface area contributed by atoms with Gasteiger partial charge in [-0.25, -0.2) is 0 Å². The van der Waals surface area contributed by atoms with Gasteiger partial charge in [0.1, 0.15) is 5.75 Å². The number of hydrogen-bond donors (Lipinski definition) is 1. The van der Waals surface area contributed by atoms with Crippen molar-refractivity contribution in [1.82, 2.24) is 10.2 Å². The first-order valence-corrected chi connectivity index (χ1v) is 7.94. The molecule has 1 aromatic carbocycles. The van der Waals surface area contributed by atoms with Crippen molar-refractivity contribution in [2.45, 2.75) is 40.2 Å². The standard InChI is InChI=1S/C17H30N2O/c1-4-19(5-2)13-8-7-12-18-15-16-10-9-11-17(14-16)20-6-3/h9-11,14,18H,4-8,12-13,15H2,1-3H3. The van der Waals surface area contributed by atoms with Crippen LogP contribution in [0.5, 0.6) is 5.75 Å². The van der Waals surface area contributed by atoms with E-state index >= 15 is 0 Å². The number of hydrogen-bond acceptors (Lipinski definition) is 3. The second-order valence-electron chi connectivity index (χ2n) is 4.99. The van der Waals surface area contributed by atoms with Crippen LogP contribution in [0.1, 0.15) is 39.2 Å². The zero-order chi connectivity index (χ0) is 14.6. The van der Waals surface area contributed by atoms with Crippen molar-refractivity contribution in [2.75, 3.05) is 32.8 Å². The second-order valence-corrected chi connectivity index (χ2v) is 4.99. The molecule has 114 valence electrons. The highest BCUT2D eigenvalue weighted by atomic mass is 16.5. The first-order valence-electron chi connectivity index (χ1n) is 7.94. The van der Waals surface area contributed by atoms with Gasteiger partial charge in [-0.3, -0.25) is 0 Å². The summed E-state index contributed by atoms with van der Waals surface area (Å²) >= 11 is 0. The van der Waals surface area contributed by atoms with Crippen molar-refractivity contribution < 1.29 is 4.74 Å². The molecule has 20 heavy (non-hydrogen) atoms. The molecule has 0 heterocycles. The van der Waals surface area contributed by atoms with Gasteiger partial charge < -0.3 is 15.0 Å². The smallest absolute Gasteiger partial charge is 0.119 e. The van der Waals surface area contributed by atoms with Gasteiger partial charge in [-0.05, 0) is 63.6 Å². The fraction of sp³-hybridized carbons (Fsp3) is 0.647. The predicted molar refractivity (Wildman–Crippen MR) is 86.3 cm³/mol. The van der Waals surface area contributed by atoms with Crippen LogP contribution in [-0.4, -0.2) is 37.7 Å². The van der Waals surface area contributed by atoms with Crippen LogP contribution in [0, 0.1) is 0 Å². The monoisotopic (exact) mass is 278 g/mol. The maximum atomic E-state index is 5.51. The van der Waals surface area contributed by atoms with Gasteiger partial charge in [-0.15, -0.1) is 0 Å². The lowest BCUT2D eigenvalue weighted by molar-refractivity contribution is 0.296. The average molecular weight is 278 g/mol. The fourth-order valence-electron chi connectivity index (χ4n) is 2.27. The Morgan fingerprint density at radius 2 is 1.90 bits per heavy atom. The average Bonchev–Trinajstić information content (AvgIpc) is 2.47. The Balaban J connectivity index is 2.13. The van der Waals surface area contributed by atoms with Gasteiger partial charge in [0.25, 0.3) is 0 Å². The third kappa shape index (κ3) is 6.92. The summed E-state index contributed by atoms with van der Waals surface area (Å²) in [6.07, 6.45) is 2.51. The molecule has 0 bridgehead atoms. The molecule has 0 amide bonds. The quantitative estimate of drug-likeness (QED) is 0.629. The molecule has 0 atom stereocenters. The van der Waals surface area contributed by atoms with Gasteiger partial charge in [0, 0.05) is 6.54 Å². The highest BCUT2D eigenvalue weighted by molar-refractivity contribution is 5.28. The van der Waals surface area contributed by atoms with Gasteiger partial charge in [0.2, 0.25) is 0 Å². The maximum absolute atomic E-state index is 5.51. The zero-order valence-corrected chi connectivity index (χ0v) is 13.3. The van der Waals surface area contributed by atoms with Crippen molar-refractivity contribution in [1.29, 1.82) is 0 Å². The minimum absolute atomic E-state index is 0.724. The fourth-order valence-corrected chi connectivity index (χ4v) is 2.27. The minimum atomic E-state index is 0.724. The van der Waals surface area contributed by atoms with Crippen molar-refractivity contribution in [2.24, 2.45) is 0 Å². The topological polar surface area (TPSA) is 24.5 Å². The SMILES string of the molecule is CCOc1cccc(CNCCCCN(CC)CC)c1. The zero-order valence-electron chi connectivity index (χ0n) is 13.3.